The van der Waals surface area contributed by atoms with Crippen molar-refractivity contribution in [2.24, 2.45) is 16.9 Å². The zero-order valence-electron chi connectivity index (χ0n) is 21.5. The second-order valence-corrected chi connectivity index (χ2v) is 10.2. The van der Waals surface area contributed by atoms with Crippen molar-refractivity contribution < 1.29 is 4.74 Å². The van der Waals surface area contributed by atoms with Crippen LogP contribution in [0.1, 0.15) is 137 Å². The molecule has 0 radical (unpaired) electrons. The fourth-order valence-electron chi connectivity index (χ4n) is 5.36. The number of fused-ring (bicyclic) bond motifs is 1. The van der Waals surface area contributed by atoms with E-state index in [9.17, 15) is 0 Å². The fraction of sp³-hybridized carbons (Fsp3) is 0.893. The average molecular weight is 433 g/mol. The molecule has 4 atom stereocenters. The highest BCUT2D eigenvalue weighted by Crippen LogP contribution is 2.36. The third-order valence-electron chi connectivity index (χ3n) is 7.63. The molecule has 1 aliphatic heterocycles. The number of hydrazone groups is 1. The van der Waals surface area contributed by atoms with Crippen LogP contribution in [-0.2, 0) is 4.74 Å². The lowest BCUT2D eigenvalue weighted by Crippen LogP contribution is -2.32. The first kappa shape index (κ1) is 26.4. The third kappa shape index (κ3) is 8.91. The van der Waals surface area contributed by atoms with Gasteiger partial charge in [0.25, 0.3) is 0 Å². The lowest BCUT2D eigenvalue weighted by atomic mass is 9.79. The molecule has 0 aromatic heterocycles. The summed E-state index contributed by atoms with van der Waals surface area (Å²) >= 11 is 0. The standard InChI is InChI=1S/C28H52N2O/c1-6-9-11-12-14-17-24(16-13-10-7-2)31-25-18-15-19-26-23(5)29-30-28(22(4)8-3)27(26)21-20-25/h22,24-26,30H,6-21H2,1-5H3. The molecule has 180 valence electrons. The largest absolute Gasteiger partial charge is 0.375 e. The van der Waals surface area contributed by atoms with E-state index in [0.29, 0.717) is 24.0 Å². The summed E-state index contributed by atoms with van der Waals surface area (Å²) in [4.78, 5) is 0. The molecule has 1 aliphatic carbocycles. The molecule has 0 saturated heterocycles. The van der Waals surface area contributed by atoms with Gasteiger partial charge in [0.05, 0.1) is 12.2 Å². The van der Waals surface area contributed by atoms with Gasteiger partial charge in [-0.05, 0) is 69.8 Å². The van der Waals surface area contributed by atoms with Crippen LogP contribution in [0.15, 0.2) is 16.4 Å². The van der Waals surface area contributed by atoms with Gasteiger partial charge in [0.15, 0.2) is 0 Å². The highest BCUT2D eigenvalue weighted by Gasteiger charge is 2.30. The van der Waals surface area contributed by atoms with Gasteiger partial charge < -0.3 is 4.74 Å². The van der Waals surface area contributed by atoms with Gasteiger partial charge in [0, 0.05) is 17.3 Å². The minimum absolute atomic E-state index is 0.438. The number of unbranched alkanes of at least 4 members (excludes halogenated alkanes) is 6. The monoisotopic (exact) mass is 432 g/mol. The van der Waals surface area contributed by atoms with Gasteiger partial charge in [0.2, 0.25) is 0 Å². The number of nitrogens with zero attached hydrogens (tertiary/aromatic N) is 1. The van der Waals surface area contributed by atoms with Crippen LogP contribution in [0.2, 0.25) is 0 Å². The number of rotatable bonds is 14. The minimum Gasteiger partial charge on any atom is -0.375 e. The predicted octanol–water partition coefficient (Wildman–Crippen LogP) is 8.54. The lowest BCUT2D eigenvalue weighted by Gasteiger charge is -2.34. The topological polar surface area (TPSA) is 33.6 Å². The molecule has 0 spiro atoms. The summed E-state index contributed by atoms with van der Waals surface area (Å²) in [5.41, 5.74) is 7.76. The Hall–Kier alpha value is -0.830. The number of hydrogen-bond donors (Lipinski definition) is 1. The summed E-state index contributed by atoms with van der Waals surface area (Å²) in [5.74, 6) is 1.13. The van der Waals surface area contributed by atoms with Crippen molar-refractivity contribution in [3.8, 4) is 0 Å². The number of hydrogen-bond acceptors (Lipinski definition) is 3. The Morgan fingerprint density at radius 2 is 1.61 bits per heavy atom. The van der Waals surface area contributed by atoms with E-state index in [1.807, 2.05) is 0 Å². The summed E-state index contributed by atoms with van der Waals surface area (Å²) in [5, 5.41) is 4.68. The molecule has 2 aliphatic rings. The van der Waals surface area contributed by atoms with Gasteiger partial charge >= 0.3 is 0 Å². The first-order valence-electron chi connectivity index (χ1n) is 13.8. The van der Waals surface area contributed by atoms with Crippen LogP contribution in [0.3, 0.4) is 0 Å². The van der Waals surface area contributed by atoms with E-state index < -0.39 is 0 Å². The average Bonchev–Trinajstić information content (AvgIpc) is 2.75. The van der Waals surface area contributed by atoms with Crippen molar-refractivity contribution in [3.63, 3.8) is 0 Å². The maximum atomic E-state index is 6.84. The fourth-order valence-corrected chi connectivity index (χ4v) is 5.36. The summed E-state index contributed by atoms with van der Waals surface area (Å²) in [6.45, 7) is 11.4. The molecule has 31 heavy (non-hydrogen) atoms. The van der Waals surface area contributed by atoms with Gasteiger partial charge in [-0.3, -0.25) is 5.43 Å². The van der Waals surface area contributed by atoms with Gasteiger partial charge in [-0.1, -0.05) is 79.1 Å². The van der Waals surface area contributed by atoms with E-state index >= 15 is 0 Å². The van der Waals surface area contributed by atoms with Crippen LogP contribution in [0.25, 0.3) is 0 Å². The summed E-state index contributed by atoms with van der Waals surface area (Å²) in [7, 11) is 0. The Kier molecular flexibility index (Phi) is 12.9. The van der Waals surface area contributed by atoms with Crippen LogP contribution in [-0.4, -0.2) is 17.9 Å². The molecule has 1 N–H and O–H groups in total. The molecule has 4 unspecified atom stereocenters. The molecule has 1 saturated carbocycles. The SMILES string of the molecule is CCCCCCCC(CCCCC)OC1CCCC2C(C)=NNC(C(C)CC)=C2CC1. The maximum Gasteiger partial charge on any atom is 0.0582 e. The number of nitrogens with one attached hydrogen (secondary N) is 1. The van der Waals surface area contributed by atoms with Gasteiger partial charge in [-0.2, -0.15) is 5.10 Å². The van der Waals surface area contributed by atoms with E-state index in [0.717, 1.165) is 0 Å². The van der Waals surface area contributed by atoms with Gasteiger partial charge in [-0.15, -0.1) is 0 Å². The zero-order chi connectivity index (χ0) is 22.5. The lowest BCUT2D eigenvalue weighted by molar-refractivity contribution is -0.0327. The van der Waals surface area contributed by atoms with Crippen molar-refractivity contribution in [1.29, 1.82) is 0 Å². The zero-order valence-corrected chi connectivity index (χ0v) is 21.5. The van der Waals surface area contributed by atoms with E-state index in [4.69, 9.17) is 4.74 Å². The Morgan fingerprint density at radius 3 is 2.32 bits per heavy atom. The molecular weight excluding hydrogens is 380 g/mol. The second-order valence-electron chi connectivity index (χ2n) is 10.2. The molecule has 0 aromatic carbocycles. The number of allylic oxidation sites excluding steroid dienone is 2. The summed E-state index contributed by atoms with van der Waals surface area (Å²) in [6.07, 6.45) is 21.5. The van der Waals surface area contributed by atoms with Crippen molar-refractivity contribution >= 4 is 5.71 Å². The van der Waals surface area contributed by atoms with Gasteiger partial charge in [0.1, 0.15) is 0 Å². The van der Waals surface area contributed by atoms with Gasteiger partial charge in [-0.25, -0.2) is 0 Å². The maximum absolute atomic E-state index is 6.84. The van der Waals surface area contributed by atoms with E-state index in [2.05, 4.69) is 45.1 Å². The Balaban J connectivity index is 1.96. The number of ether oxygens (including phenoxy) is 1. The highest BCUT2D eigenvalue weighted by atomic mass is 16.5. The molecule has 1 heterocycles. The smallest absolute Gasteiger partial charge is 0.0582 e. The molecule has 0 bridgehead atoms. The molecule has 1 fully saturated rings. The third-order valence-corrected chi connectivity index (χ3v) is 7.63. The normalized spacial score (nSPS) is 24.0. The van der Waals surface area contributed by atoms with Crippen LogP contribution >= 0.6 is 0 Å². The highest BCUT2D eigenvalue weighted by molar-refractivity contribution is 5.87. The Labute approximate surface area is 193 Å². The molecule has 0 amide bonds. The Bertz CT molecular complexity index is 553. The van der Waals surface area contributed by atoms with Crippen LogP contribution in [0, 0.1) is 11.8 Å². The first-order chi connectivity index (χ1) is 15.1. The van der Waals surface area contributed by atoms with Crippen molar-refractivity contribution in [1.82, 2.24) is 5.43 Å². The van der Waals surface area contributed by atoms with Crippen LogP contribution in [0.4, 0.5) is 0 Å². The van der Waals surface area contributed by atoms with E-state index in [1.54, 1.807) is 5.57 Å². The van der Waals surface area contributed by atoms with Crippen molar-refractivity contribution in [3.05, 3.63) is 11.3 Å². The minimum atomic E-state index is 0.438. The molecular formula is C28H52N2O. The quantitative estimate of drug-likeness (QED) is 0.279. The molecule has 3 nitrogen and oxygen atoms in total. The first-order valence-corrected chi connectivity index (χ1v) is 13.8. The predicted molar refractivity (Wildman–Crippen MR) is 135 cm³/mol. The van der Waals surface area contributed by atoms with E-state index in [-0.39, 0.29) is 0 Å². The van der Waals surface area contributed by atoms with Crippen LogP contribution < -0.4 is 5.43 Å². The molecule has 0 aromatic rings. The molecule has 3 heteroatoms. The molecule has 2 rings (SSSR count). The van der Waals surface area contributed by atoms with Crippen molar-refractivity contribution in [2.45, 2.75) is 150 Å². The van der Waals surface area contributed by atoms with Crippen molar-refractivity contribution in [2.75, 3.05) is 0 Å². The Morgan fingerprint density at radius 1 is 0.935 bits per heavy atom. The summed E-state index contributed by atoms with van der Waals surface area (Å²) in [6, 6.07) is 0. The van der Waals surface area contributed by atoms with Crippen LogP contribution in [0.5, 0.6) is 0 Å². The van der Waals surface area contributed by atoms with E-state index in [1.165, 1.54) is 114 Å². The second kappa shape index (κ2) is 15.1. The summed E-state index contributed by atoms with van der Waals surface area (Å²) < 4.78 is 6.84.